The normalized spacial score (nSPS) is 28.6. The van der Waals surface area contributed by atoms with Gasteiger partial charge in [0.2, 0.25) is 5.91 Å². The molecule has 2 aliphatic rings. The molecule has 20 heavy (non-hydrogen) atoms. The van der Waals surface area contributed by atoms with Gasteiger partial charge in [-0.05, 0) is 65.6 Å². The minimum atomic E-state index is 0.355. The Labute approximate surface area is 123 Å². The predicted octanol–water partition coefficient (Wildman–Crippen LogP) is 1.85. The molecule has 1 N–H and O–H groups in total. The summed E-state index contributed by atoms with van der Waals surface area (Å²) >= 11 is 0. The fourth-order valence-electron chi connectivity index (χ4n) is 3.64. The molecule has 0 bridgehead atoms. The molecule has 0 saturated carbocycles. The van der Waals surface area contributed by atoms with Crippen molar-refractivity contribution < 1.29 is 4.79 Å². The van der Waals surface area contributed by atoms with Gasteiger partial charge in [-0.25, -0.2) is 0 Å². The van der Waals surface area contributed by atoms with Gasteiger partial charge in [-0.2, -0.15) is 0 Å². The minimum absolute atomic E-state index is 0.355. The van der Waals surface area contributed by atoms with Crippen molar-refractivity contribution in [2.24, 2.45) is 0 Å². The van der Waals surface area contributed by atoms with Gasteiger partial charge in [0, 0.05) is 18.6 Å². The Morgan fingerprint density at radius 3 is 2.65 bits per heavy atom. The van der Waals surface area contributed by atoms with Gasteiger partial charge in [0.1, 0.15) is 0 Å². The Kier molecular flexibility index (Phi) is 6.30. The van der Waals surface area contributed by atoms with Crippen LogP contribution >= 0.6 is 0 Å². The van der Waals surface area contributed by atoms with Gasteiger partial charge in [-0.1, -0.05) is 6.42 Å². The Balaban J connectivity index is 1.87. The first-order valence-corrected chi connectivity index (χ1v) is 8.40. The molecule has 2 heterocycles. The number of amides is 1. The maximum atomic E-state index is 12.6. The molecule has 4 heteroatoms. The molecule has 0 spiro atoms. The molecule has 2 unspecified atom stereocenters. The lowest BCUT2D eigenvalue weighted by molar-refractivity contribution is -0.136. The first-order chi connectivity index (χ1) is 9.72. The van der Waals surface area contributed by atoms with Crippen LogP contribution in [0.1, 0.15) is 51.9 Å². The molecule has 0 radical (unpaired) electrons. The molecule has 0 aliphatic carbocycles. The number of rotatable bonds is 5. The van der Waals surface area contributed by atoms with E-state index in [9.17, 15) is 4.79 Å². The summed E-state index contributed by atoms with van der Waals surface area (Å²) in [6, 6.07) is 1.04. The summed E-state index contributed by atoms with van der Waals surface area (Å²) in [6.45, 7) is 5.96. The van der Waals surface area contributed by atoms with E-state index in [1.54, 1.807) is 0 Å². The van der Waals surface area contributed by atoms with Gasteiger partial charge in [0.05, 0.1) is 6.54 Å². The van der Waals surface area contributed by atoms with Crippen LogP contribution in [-0.2, 0) is 4.79 Å². The third kappa shape index (κ3) is 4.19. The van der Waals surface area contributed by atoms with E-state index in [4.69, 9.17) is 0 Å². The Bertz CT molecular complexity index is 308. The summed E-state index contributed by atoms with van der Waals surface area (Å²) in [5.74, 6) is 0.355. The van der Waals surface area contributed by atoms with Gasteiger partial charge in [0.15, 0.2) is 0 Å². The molecule has 2 fully saturated rings. The number of nitrogens with zero attached hydrogens (tertiary/aromatic N) is 2. The quantitative estimate of drug-likeness (QED) is 0.835. The van der Waals surface area contributed by atoms with E-state index < -0.39 is 0 Å². The van der Waals surface area contributed by atoms with Crippen LogP contribution in [0.15, 0.2) is 0 Å². The largest absolute Gasteiger partial charge is 0.339 e. The molecule has 1 amide bonds. The first kappa shape index (κ1) is 15.8. The van der Waals surface area contributed by atoms with E-state index in [0.717, 1.165) is 19.6 Å². The molecule has 2 aliphatic heterocycles. The second kappa shape index (κ2) is 7.99. The van der Waals surface area contributed by atoms with Crippen LogP contribution in [0.25, 0.3) is 0 Å². The Morgan fingerprint density at radius 1 is 1.15 bits per heavy atom. The first-order valence-electron chi connectivity index (χ1n) is 8.40. The van der Waals surface area contributed by atoms with Crippen molar-refractivity contribution in [2.45, 2.75) is 64.0 Å². The summed E-state index contributed by atoms with van der Waals surface area (Å²) in [5, 5.41) is 3.24. The molecule has 0 aromatic heterocycles. The van der Waals surface area contributed by atoms with E-state index in [-0.39, 0.29) is 0 Å². The number of likely N-dealkylation sites (tertiary alicyclic amines) is 2. The summed E-state index contributed by atoms with van der Waals surface area (Å²) in [7, 11) is 2.01. The van der Waals surface area contributed by atoms with Crippen molar-refractivity contribution in [3.8, 4) is 0 Å². The second-order valence-corrected chi connectivity index (χ2v) is 6.44. The summed E-state index contributed by atoms with van der Waals surface area (Å²) in [5.41, 5.74) is 0. The standard InChI is InChI=1S/C16H31N3O/c1-14-7-3-6-12-19(14)16(20)13-18-11-5-4-8-15(18)9-10-17-2/h14-15,17H,3-13H2,1-2H3. The van der Waals surface area contributed by atoms with E-state index in [0.29, 0.717) is 24.5 Å². The smallest absolute Gasteiger partial charge is 0.236 e. The molecular weight excluding hydrogens is 250 g/mol. The molecule has 4 nitrogen and oxygen atoms in total. The SMILES string of the molecule is CNCCC1CCCCN1CC(=O)N1CCCCC1C. The lowest BCUT2D eigenvalue weighted by Crippen LogP contribution is -2.50. The van der Waals surface area contributed by atoms with Gasteiger partial charge in [-0.3, -0.25) is 9.69 Å². The minimum Gasteiger partial charge on any atom is -0.339 e. The van der Waals surface area contributed by atoms with E-state index in [1.807, 2.05) is 7.05 Å². The van der Waals surface area contributed by atoms with Crippen molar-refractivity contribution in [2.75, 3.05) is 33.2 Å². The van der Waals surface area contributed by atoms with Crippen molar-refractivity contribution in [1.82, 2.24) is 15.1 Å². The Hall–Kier alpha value is -0.610. The topological polar surface area (TPSA) is 35.6 Å². The maximum Gasteiger partial charge on any atom is 0.236 e. The molecular formula is C16H31N3O. The summed E-state index contributed by atoms with van der Waals surface area (Å²) < 4.78 is 0. The van der Waals surface area contributed by atoms with Gasteiger partial charge in [0.25, 0.3) is 0 Å². The third-order valence-corrected chi connectivity index (χ3v) is 4.94. The summed E-state index contributed by atoms with van der Waals surface area (Å²) in [4.78, 5) is 17.1. The fourth-order valence-corrected chi connectivity index (χ4v) is 3.64. The molecule has 2 atom stereocenters. The monoisotopic (exact) mass is 281 g/mol. The number of piperidine rings is 2. The van der Waals surface area contributed by atoms with E-state index >= 15 is 0 Å². The number of nitrogens with one attached hydrogen (secondary N) is 1. The molecule has 2 rings (SSSR count). The highest BCUT2D eigenvalue weighted by Gasteiger charge is 2.28. The zero-order valence-electron chi connectivity index (χ0n) is 13.2. The molecule has 2 saturated heterocycles. The van der Waals surface area contributed by atoms with Crippen LogP contribution in [-0.4, -0.2) is 61.0 Å². The van der Waals surface area contributed by atoms with Gasteiger partial charge >= 0.3 is 0 Å². The molecule has 0 aromatic carbocycles. The number of carbonyl (C=O) groups excluding carboxylic acids is 1. The highest BCUT2D eigenvalue weighted by Crippen LogP contribution is 2.21. The van der Waals surface area contributed by atoms with E-state index in [1.165, 1.54) is 44.9 Å². The number of hydrogen-bond donors (Lipinski definition) is 1. The lowest BCUT2D eigenvalue weighted by Gasteiger charge is -2.39. The Morgan fingerprint density at radius 2 is 1.90 bits per heavy atom. The van der Waals surface area contributed by atoms with Crippen molar-refractivity contribution in [3.63, 3.8) is 0 Å². The van der Waals surface area contributed by atoms with Gasteiger partial charge in [-0.15, -0.1) is 0 Å². The van der Waals surface area contributed by atoms with Crippen LogP contribution in [0.2, 0.25) is 0 Å². The van der Waals surface area contributed by atoms with Crippen LogP contribution in [0, 0.1) is 0 Å². The molecule has 0 aromatic rings. The number of hydrogen-bond acceptors (Lipinski definition) is 3. The lowest BCUT2D eigenvalue weighted by atomic mass is 9.98. The third-order valence-electron chi connectivity index (χ3n) is 4.94. The van der Waals surface area contributed by atoms with Gasteiger partial charge < -0.3 is 10.2 Å². The zero-order valence-corrected chi connectivity index (χ0v) is 13.2. The highest BCUT2D eigenvalue weighted by atomic mass is 16.2. The molecule has 116 valence electrons. The predicted molar refractivity (Wildman–Crippen MR) is 82.8 cm³/mol. The summed E-state index contributed by atoms with van der Waals surface area (Å²) in [6.07, 6.45) is 8.62. The van der Waals surface area contributed by atoms with Crippen molar-refractivity contribution in [1.29, 1.82) is 0 Å². The van der Waals surface area contributed by atoms with Crippen LogP contribution in [0.5, 0.6) is 0 Å². The van der Waals surface area contributed by atoms with Crippen LogP contribution < -0.4 is 5.32 Å². The average Bonchev–Trinajstić information content (AvgIpc) is 2.46. The van der Waals surface area contributed by atoms with E-state index in [2.05, 4.69) is 22.0 Å². The maximum absolute atomic E-state index is 12.6. The zero-order chi connectivity index (χ0) is 14.4. The second-order valence-electron chi connectivity index (χ2n) is 6.44. The highest BCUT2D eigenvalue weighted by molar-refractivity contribution is 5.78. The average molecular weight is 281 g/mol. The van der Waals surface area contributed by atoms with Crippen LogP contribution in [0.4, 0.5) is 0 Å². The number of carbonyl (C=O) groups is 1. The van der Waals surface area contributed by atoms with Crippen molar-refractivity contribution >= 4 is 5.91 Å². The fraction of sp³-hybridized carbons (Fsp3) is 0.938. The van der Waals surface area contributed by atoms with Crippen LogP contribution in [0.3, 0.4) is 0 Å². The van der Waals surface area contributed by atoms with Crippen molar-refractivity contribution in [3.05, 3.63) is 0 Å².